The Balaban J connectivity index is 0.00000196. The molecule has 84 valence electrons. The SMILES string of the molecule is CCOC(=O)C(N)c1ccc(Cl)nn1.Cl. The molecule has 1 aromatic rings. The number of rotatable bonds is 3. The molecular weight excluding hydrogens is 241 g/mol. The normalized spacial score (nSPS) is 11.4. The van der Waals surface area contributed by atoms with E-state index in [9.17, 15) is 4.79 Å². The van der Waals surface area contributed by atoms with Gasteiger partial charge < -0.3 is 10.5 Å². The fraction of sp³-hybridized carbons (Fsp3) is 0.375. The number of aromatic nitrogens is 2. The van der Waals surface area contributed by atoms with E-state index in [0.29, 0.717) is 5.69 Å². The molecule has 0 fully saturated rings. The minimum absolute atomic E-state index is 0. The molecule has 0 bridgehead atoms. The first-order valence-electron chi connectivity index (χ1n) is 4.06. The van der Waals surface area contributed by atoms with Crippen LogP contribution in [0.5, 0.6) is 0 Å². The highest BCUT2D eigenvalue weighted by molar-refractivity contribution is 6.29. The summed E-state index contributed by atoms with van der Waals surface area (Å²) in [6.45, 7) is 1.99. The van der Waals surface area contributed by atoms with Crippen LogP contribution >= 0.6 is 24.0 Å². The van der Waals surface area contributed by atoms with Crippen LogP contribution in [-0.4, -0.2) is 22.8 Å². The smallest absolute Gasteiger partial charge is 0.329 e. The number of ether oxygens (including phenoxy) is 1. The maximum atomic E-state index is 11.2. The van der Waals surface area contributed by atoms with Gasteiger partial charge in [-0.3, -0.25) is 0 Å². The Bertz CT molecular complexity index is 318. The van der Waals surface area contributed by atoms with Gasteiger partial charge in [0.1, 0.15) is 6.04 Å². The number of hydrogen-bond donors (Lipinski definition) is 1. The lowest BCUT2D eigenvalue weighted by Crippen LogP contribution is -2.24. The largest absolute Gasteiger partial charge is 0.465 e. The van der Waals surface area contributed by atoms with Crippen molar-refractivity contribution in [2.24, 2.45) is 5.73 Å². The molecule has 7 heteroatoms. The van der Waals surface area contributed by atoms with Gasteiger partial charge in [-0.15, -0.1) is 17.5 Å². The van der Waals surface area contributed by atoms with Crippen LogP contribution in [0.2, 0.25) is 5.15 Å². The summed E-state index contributed by atoms with van der Waals surface area (Å²) in [6.07, 6.45) is 0. The standard InChI is InChI=1S/C8H10ClN3O2.ClH/c1-2-14-8(13)7(10)5-3-4-6(9)12-11-5;/h3-4,7H,2,10H2,1H3;1H. The van der Waals surface area contributed by atoms with Crippen molar-refractivity contribution in [2.75, 3.05) is 6.61 Å². The monoisotopic (exact) mass is 251 g/mol. The van der Waals surface area contributed by atoms with E-state index in [0.717, 1.165) is 0 Å². The Labute approximate surface area is 98.4 Å². The van der Waals surface area contributed by atoms with Crippen LogP contribution in [0.4, 0.5) is 0 Å². The second-order valence-electron chi connectivity index (χ2n) is 2.51. The Morgan fingerprint density at radius 3 is 2.73 bits per heavy atom. The Morgan fingerprint density at radius 2 is 2.27 bits per heavy atom. The van der Waals surface area contributed by atoms with Crippen molar-refractivity contribution in [1.82, 2.24) is 10.2 Å². The van der Waals surface area contributed by atoms with Crippen LogP contribution in [0, 0.1) is 0 Å². The fourth-order valence-corrected chi connectivity index (χ4v) is 0.946. The molecule has 0 aliphatic rings. The summed E-state index contributed by atoms with van der Waals surface area (Å²) in [6, 6.07) is 2.15. The summed E-state index contributed by atoms with van der Waals surface area (Å²) in [5, 5.41) is 7.50. The van der Waals surface area contributed by atoms with E-state index in [1.165, 1.54) is 12.1 Å². The molecule has 15 heavy (non-hydrogen) atoms. The zero-order chi connectivity index (χ0) is 10.6. The molecule has 0 radical (unpaired) electrons. The molecule has 1 atom stereocenters. The van der Waals surface area contributed by atoms with E-state index >= 15 is 0 Å². The average molecular weight is 252 g/mol. The van der Waals surface area contributed by atoms with E-state index in [1.54, 1.807) is 6.92 Å². The minimum Gasteiger partial charge on any atom is -0.465 e. The maximum Gasteiger partial charge on any atom is 0.329 e. The highest BCUT2D eigenvalue weighted by Gasteiger charge is 2.18. The molecule has 0 saturated carbocycles. The van der Waals surface area contributed by atoms with E-state index in [-0.39, 0.29) is 24.2 Å². The number of nitrogens with two attached hydrogens (primary N) is 1. The Kier molecular flexibility index (Phi) is 6.15. The van der Waals surface area contributed by atoms with E-state index in [4.69, 9.17) is 22.1 Å². The molecule has 1 aromatic heterocycles. The van der Waals surface area contributed by atoms with E-state index in [1.807, 2.05) is 0 Å². The lowest BCUT2D eigenvalue weighted by atomic mass is 10.2. The summed E-state index contributed by atoms with van der Waals surface area (Å²) in [5.74, 6) is -0.524. The third-order valence-electron chi connectivity index (χ3n) is 1.51. The number of nitrogens with zero attached hydrogens (tertiary/aromatic N) is 2. The topological polar surface area (TPSA) is 78.1 Å². The maximum absolute atomic E-state index is 11.2. The van der Waals surface area contributed by atoms with Crippen molar-refractivity contribution in [3.63, 3.8) is 0 Å². The molecule has 0 saturated heterocycles. The van der Waals surface area contributed by atoms with Crippen LogP contribution in [0.25, 0.3) is 0 Å². The quantitative estimate of drug-likeness (QED) is 0.815. The molecule has 5 nitrogen and oxygen atoms in total. The van der Waals surface area contributed by atoms with Crippen LogP contribution in [0.1, 0.15) is 18.7 Å². The number of carbonyl (C=O) groups excluding carboxylic acids is 1. The Morgan fingerprint density at radius 1 is 1.60 bits per heavy atom. The molecule has 0 aromatic carbocycles. The van der Waals surface area contributed by atoms with Crippen LogP contribution in [-0.2, 0) is 9.53 Å². The van der Waals surface area contributed by atoms with Gasteiger partial charge in [0.05, 0.1) is 12.3 Å². The third-order valence-corrected chi connectivity index (χ3v) is 1.71. The number of esters is 1. The summed E-state index contributed by atoms with van der Waals surface area (Å²) >= 11 is 5.53. The predicted molar refractivity (Wildman–Crippen MR) is 57.9 cm³/mol. The third kappa shape index (κ3) is 3.99. The predicted octanol–water partition coefficient (Wildman–Crippen LogP) is 1.11. The van der Waals surface area contributed by atoms with Crippen LogP contribution in [0.3, 0.4) is 0 Å². The van der Waals surface area contributed by atoms with Gasteiger partial charge in [0, 0.05) is 0 Å². The number of halogens is 2. The lowest BCUT2D eigenvalue weighted by molar-refractivity contribution is -0.144. The number of hydrogen-bond acceptors (Lipinski definition) is 5. The van der Waals surface area contributed by atoms with Gasteiger partial charge in [-0.05, 0) is 19.1 Å². The molecule has 2 N–H and O–H groups in total. The van der Waals surface area contributed by atoms with Gasteiger partial charge in [0.2, 0.25) is 0 Å². The summed E-state index contributed by atoms with van der Waals surface area (Å²) in [7, 11) is 0. The van der Waals surface area contributed by atoms with Crippen molar-refractivity contribution in [2.45, 2.75) is 13.0 Å². The molecule has 0 amide bonds. The fourth-order valence-electron chi connectivity index (χ4n) is 0.845. The van der Waals surface area contributed by atoms with Crippen molar-refractivity contribution < 1.29 is 9.53 Å². The Hall–Kier alpha value is -0.910. The second-order valence-corrected chi connectivity index (χ2v) is 2.90. The van der Waals surface area contributed by atoms with Gasteiger partial charge in [-0.1, -0.05) is 11.6 Å². The molecule has 0 aliphatic heterocycles. The van der Waals surface area contributed by atoms with Crippen molar-refractivity contribution >= 4 is 30.0 Å². The summed E-state index contributed by atoms with van der Waals surface area (Å²) in [4.78, 5) is 11.2. The van der Waals surface area contributed by atoms with Gasteiger partial charge in [0.25, 0.3) is 0 Å². The highest BCUT2D eigenvalue weighted by atomic mass is 35.5. The molecule has 1 rings (SSSR count). The van der Waals surface area contributed by atoms with Crippen molar-refractivity contribution in [3.8, 4) is 0 Å². The molecule has 1 heterocycles. The van der Waals surface area contributed by atoms with Crippen molar-refractivity contribution in [1.29, 1.82) is 0 Å². The molecule has 0 spiro atoms. The minimum atomic E-state index is -0.903. The first kappa shape index (κ1) is 14.1. The highest BCUT2D eigenvalue weighted by Crippen LogP contribution is 2.10. The lowest BCUT2D eigenvalue weighted by Gasteiger charge is -2.08. The van der Waals surface area contributed by atoms with Gasteiger partial charge in [0.15, 0.2) is 5.15 Å². The zero-order valence-electron chi connectivity index (χ0n) is 8.01. The zero-order valence-corrected chi connectivity index (χ0v) is 9.59. The molecule has 0 aliphatic carbocycles. The summed E-state index contributed by atoms with van der Waals surface area (Å²) < 4.78 is 4.72. The van der Waals surface area contributed by atoms with Gasteiger partial charge in [-0.2, -0.15) is 5.10 Å². The first-order valence-corrected chi connectivity index (χ1v) is 4.44. The molecular formula is C8H11Cl2N3O2. The second kappa shape index (κ2) is 6.55. The van der Waals surface area contributed by atoms with Crippen molar-refractivity contribution in [3.05, 3.63) is 23.0 Å². The molecule has 1 unspecified atom stereocenters. The summed E-state index contributed by atoms with van der Waals surface area (Å²) in [5.41, 5.74) is 5.90. The first-order chi connectivity index (χ1) is 6.65. The van der Waals surface area contributed by atoms with Crippen LogP contribution < -0.4 is 5.73 Å². The van der Waals surface area contributed by atoms with E-state index in [2.05, 4.69) is 10.2 Å². The average Bonchev–Trinajstić information content (AvgIpc) is 2.18. The van der Waals surface area contributed by atoms with Gasteiger partial charge in [-0.25, -0.2) is 4.79 Å². The number of carbonyl (C=O) groups is 1. The van der Waals surface area contributed by atoms with Gasteiger partial charge >= 0.3 is 5.97 Å². The van der Waals surface area contributed by atoms with E-state index < -0.39 is 12.0 Å². The van der Waals surface area contributed by atoms with Crippen LogP contribution in [0.15, 0.2) is 12.1 Å².